The van der Waals surface area contributed by atoms with Gasteiger partial charge < -0.3 is 4.42 Å². The minimum absolute atomic E-state index is 0.601. The van der Waals surface area contributed by atoms with Crippen molar-refractivity contribution in [2.24, 2.45) is 0 Å². The van der Waals surface area contributed by atoms with Crippen molar-refractivity contribution in [2.45, 2.75) is 24.4 Å². The van der Waals surface area contributed by atoms with E-state index in [1.165, 1.54) is 0 Å². The predicted molar refractivity (Wildman–Crippen MR) is 89.2 cm³/mol. The number of hydrogen-bond donors (Lipinski definition) is 0. The summed E-state index contributed by atoms with van der Waals surface area (Å²) in [7, 11) is 0. The van der Waals surface area contributed by atoms with Crippen LogP contribution in [0.1, 0.15) is 19.3 Å². The second-order valence-corrected chi connectivity index (χ2v) is 5.98. The van der Waals surface area contributed by atoms with E-state index in [9.17, 15) is 0 Å². The highest BCUT2D eigenvalue weighted by Gasteiger charge is 2.17. The van der Waals surface area contributed by atoms with Crippen LogP contribution in [0.3, 0.4) is 0 Å². The zero-order valence-corrected chi connectivity index (χ0v) is 13.4. The molecule has 116 valence electrons. The van der Waals surface area contributed by atoms with Crippen LogP contribution in [0.15, 0.2) is 58.3 Å². The summed E-state index contributed by atoms with van der Waals surface area (Å²) in [5.41, 5.74) is 1.00. The van der Waals surface area contributed by atoms with Crippen LogP contribution in [-0.2, 0) is 0 Å². The summed E-state index contributed by atoms with van der Waals surface area (Å²) in [4.78, 5) is 0. The minimum atomic E-state index is 0.601. The van der Waals surface area contributed by atoms with E-state index >= 15 is 0 Å². The third kappa shape index (κ3) is 3.63. The van der Waals surface area contributed by atoms with Crippen molar-refractivity contribution in [1.29, 1.82) is 5.26 Å². The molecule has 3 aromatic rings. The van der Waals surface area contributed by atoms with Gasteiger partial charge in [0.05, 0.1) is 12.3 Å². The van der Waals surface area contributed by atoms with E-state index in [0.717, 1.165) is 29.4 Å². The van der Waals surface area contributed by atoms with Gasteiger partial charge in [-0.25, -0.2) is 0 Å². The highest BCUT2D eigenvalue weighted by Crippen LogP contribution is 2.28. The van der Waals surface area contributed by atoms with Crippen LogP contribution in [0.4, 0.5) is 0 Å². The molecule has 6 heteroatoms. The number of thioether (sulfide) groups is 1. The van der Waals surface area contributed by atoms with E-state index in [0.29, 0.717) is 18.0 Å². The maximum Gasteiger partial charge on any atom is 0.205 e. The lowest BCUT2D eigenvalue weighted by Gasteiger charge is -2.08. The number of hydrogen-bond acceptors (Lipinski definition) is 5. The Morgan fingerprint density at radius 2 is 1.96 bits per heavy atom. The fourth-order valence-corrected chi connectivity index (χ4v) is 3.16. The molecule has 0 spiro atoms. The Morgan fingerprint density at radius 1 is 1.09 bits per heavy atom. The number of unbranched alkanes of at least 4 members (excludes halogenated alkanes) is 2. The van der Waals surface area contributed by atoms with Crippen molar-refractivity contribution >= 4 is 11.8 Å². The summed E-state index contributed by atoms with van der Waals surface area (Å²) >= 11 is 1.65. The summed E-state index contributed by atoms with van der Waals surface area (Å²) in [6.07, 6.45) is 4.13. The average molecular weight is 324 g/mol. The van der Waals surface area contributed by atoms with Crippen molar-refractivity contribution in [3.63, 3.8) is 0 Å². The maximum atomic E-state index is 8.59. The van der Waals surface area contributed by atoms with Crippen LogP contribution in [0.5, 0.6) is 0 Å². The second-order valence-electron chi connectivity index (χ2n) is 4.92. The summed E-state index contributed by atoms with van der Waals surface area (Å²) < 4.78 is 7.49. The van der Waals surface area contributed by atoms with Crippen molar-refractivity contribution in [1.82, 2.24) is 14.8 Å². The van der Waals surface area contributed by atoms with E-state index < -0.39 is 0 Å². The number of benzene rings is 1. The highest BCUT2D eigenvalue weighted by atomic mass is 32.2. The van der Waals surface area contributed by atoms with Gasteiger partial charge in [0, 0.05) is 17.9 Å². The lowest BCUT2D eigenvalue weighted by atomic mass is 10.3. The molecule has 0 aliphatic heterocycles. The number of nitrogens with zero attached hydrogens (tertiary/aromatic N) is 4. The average Bonchev–Trinajstić information content (AvgIpc) is 3.25. The van der Waals surface area contributed by atoms with Gasteiger partial charge in [-0.2, -0.15) is 5.26 Å². The molecule has 23 heavy (non-hydrogen) atoms. The van der Waals surface area contributed by atoms with Gasteiger partial charge in [0.2, 0.25) is 5.82 Å². The van der Waals surface area contributed by atoms with E-state index in [1.54, 1.807) is 18.0 Å². The normalized spacial score (nSPS) is 10.6. The Morgan fingerprint density at radius 3 is 2.70 bits per heavy atom. The molecule has 0 amide bonds. The van der Waals surface area contributed by atoms with Crippen molar-refractivity contribution in [3.8, 4) is 23.3 Å². The number of furan rings is 1. The molecule has 2 aromatic heterocycles. The Balaban J connectivity index is 1.86. The molecule has 3 rings (SSSR count). The molecule has 0 unspecified atom stereocenters. The van der Waals surface area contributed by atoms with Gasteiger partial charge in [-0.3, -0.25) is 4.57 Å². The Bertz CT molecular complexity index is 775. The number of rotatable bonds is 7. The maximum absolute atomic E-state index is 8.59. The molecule has 0 aliphatic carbocycles. The molecule has 2 heterocycles. The first-order valence-corrected chi connectivity index (χ1v) is 8.43. The first-order chi connectivity index (χ1) is 11.4. The van der Waals surface area contributed by atoms with Crippen molar-refractivity contribution < 1.29 is 4.42 Å². The zero-order chi connectivity index (χ0) is 15.9. The molecule has 5 nitrogen and oxygen atoms in total. The van der Waals surface area contributed by atoms with Gasteiger partial charge in [0.25, 0.3) is 0 Å². The molecule has 1 aromatic carbocycles. The molecular formula is C17H16N4OS. The van der Waals surface area contributed by atoms with Gasteiger partial charge in [0.15, 0.2) is 10.9 Å². The Kier molecular flexibility index (Phi) is 5.12. The van der Waals surface area contributed by atoms with E-state index in [1.807, 2.05) is 47.0 Å². The molecule has 0 saturated heterocycles. The van der Waals surface area contributed by atoms with Crippen molar-refractivity contribution in [3.05, 3.63) is 48.7 Å². The van der Waals surface area contributed by atoms with Gasteiger partial charge in [-0.05, 0) is 37.1 Å². The monoisotopic (exact) mass is 324 g/mol. The molecule has 0 atom stereocenters. The summed E-state index contributed by atoms with van der Waals surface area (Å²) in [5, 5.41) is 18.0. The number of aromatic nitrogens is 3. The predicted octanol–water partition coefficient (Wildman–Crippen LogP) is 4.31. The largest absolute Gasteiger partial charge is 0.461 e. The SMILES string of the molecule is N#CCCCCSc1nnc(-c2ccco2)n1-c1ccccc1. The molecule has 0 bridgehead atoms. The summed E-state index contributed by atoms with van der Waals surface area (Å²) in [6, 6.07) is 15.9. The van der Waals surface area contributed by atoms with Crippen LogP contribution in [-0.4, -0.2) is 20.5 Å². The molecule has 0 saturated carbocycles. The van der Waals surface area contributed by atoms with Crippen LogP contribution in [0.2, 0.25) is 0 Å². The standard InChI is InChI=1S/C17H16N4OS/c18-11-5-2-6-13-23-17-20-19-16(15-10-7-12-22-15)21(17)14-8-3-1-4-9-14/h1,3-4,7-10,12H,2,5-6,13H2. The molecular weight excluding hydrogens is 308 g/mol. The minimum Gasteiger partial charge on any atom is -0.461 e. The third-order valence-corrected chi connectivity index (χ3v) is 4.32. The number of para-hydroxylation sites is 1. The fraction of sp³-hybridized carbons (Fsp3) is 0.235. The van der Waals surface area contributed by atoms with E-state index in [4.69, 9.17) is 9.68 Å². The molecule has 0 aliphatic rings. The zero-order valence-electron chi connectivity index (χ0n) is 12.6. The molecule has 0 fully saturated rings. The van der Waals surface area contributed by atoms with Gasteiger partial charge in [0.1, 0.15) is 0 Å². The van der Waals surface area contributed by atoms with E-state index in [-0.39, 0.29) is 0 Å². The van der Waals surface area contributed by atoms with Crippen LogP contribution >= 0.6 is 11.8 Å². The lowest BCUT2D eigenvalue weighted by molar-refractivity contribution is 0.575. The molecule has 0 N–H and O–H groups in total. The van der Waals surface area contributed by atoms with Gasteiger partial charge in [-0.15, -0.1) is 10.2 Å². The van der Waals surface area contributed by atoms with Crippen LogP contribution < -0.4 is 0 Å². The molecule has 0 radical (unpaired) electrons. The highest BCUT2D eigenvalue weighted by molar-refractivity contribution is 7.99. The Hall–Kier alpha value is -2.52. The van der Waals surface area contributed by atoms with Gasteiger partial charge in [-0.1, -0.05) is 30.0 Å². The Labute approximate surface area is 139 Å². The number of nitriles is 1. The summed E-state index contributed by atoms with van der Waals surface area (Å²) in [6.45, 7) is 0. The smallest absolute Gasteiger partial charge is 0.205 e. The second kappa shape index (κ2) is 7.65. The third-order valence-electron chi connectivity index (χ3n) is 3.30. The lowest BCUT2D eigenvalue weighted by Crippen LogP contribution is -1.99. The van der Waals surface area contributed by atoms with Crippen LogP contribution in [0.25, 0.3) is 17.3 Å². The topological polar surface area (TPSA) is 67.6 Å². The first kappa shape index (κ1) is 15.4. The fourth-order valence-electron chi connectivity index (χ4n) is 2.21. The van der Waals surface area contributed by atoms with Crippen molar-refractivity contribution in [2.75, 3.05) is 5.75 Å². The first-order valence-electron chi connectivity index (χ1n) is 7.44. The van der Waals surface area contributed by atoms with Gasteiger partial charge >= 0.3 is 0 Å². The summed E-state index contributed by atoms with van der Waals surface area (Å²) in [5.74, 6) is 2.29. The van der Waals surface area contributed by atoms with E-state index in [2.05, 4.69) is 16.3 Å². The quantitative estimate of drug-likeness (QED) is 0.478. The van der Waals surface area contributed by atoms with Crippen LogP contribution in [0, 0.1) is 11.3 Å².